The van der Waals surface area contributed by atoms with Gasteiger partial charge in [0.15, 0.2) is 0 Å². The van der Waals surface area contributed by atoms with Gasteiger partial charge >= 0.3 is 0 Å². The Hall–Kier alpha value is -1.23. The van der Waals surface area contributed by atoms with E-state index < -0.39 is 0 Å². The largest absolute Gasteiger partial charge is 0.370 e. The molecule has 0 aliphatic carbocycles. The molecule has 1 unspecified atom stereocenters. The molecule has 0 amide bonds. The van der Waals surface area contributed by atoms with Gasteiger partial charge in [-0.15, -0.1) is 0 Å². The van der Waals surface area contributed by atoms with E-state index in [4.69, 9.17) is 9.26 Å². The molecule has 1 aromatic heterocycles. The van der Waals surface area contributed by atoms with Crippen molar-refractivity contribution in [3.63, 3.8) is 0 Å². The van der Waals surface area contributed by atoms with Gasteiger partial charge in [0.25, 0.3) is 0 Å². The van der Waals surface area contributed by atoms with E-state index >= 15 is 0 Å². The summed E-state index contributed by atoms with van der Waals surface area (Å²) in [4.78, 5) is 15.1. The first-order chi connectivity index (χ1) is 7.54. The van der Waals surface area contributed by atoms with Crippen molar-refractivity contribution >= 4 is 5.78 Å². The Bertz CT molecular complexity index is 347. The summed E-state index contributed by atoms with van der Waals surface area (Å²) in [5.74, 6) is 1.15. The Balaban J connectivity index is 2.77. The first-order valence-electron chi connectivity index (χ1n) is 5.48. The lowest BCUT2D eigenvalue weighted by atomic mass is 10.1. The summed E-state index contributed by atoms with van der Waals surface area (Å²) >= 11 is 0. The van der Waals surface area contributed by atoms with E-state index in [0.717, 1.165) is 0 Å². The number of ether oxygens (including phenoxy) is 1. The summed E-state index contributed by atoms with van der Waals surface area (Å²) < 4.78 is 10.5. The van der Waals surface area contributed by atoms with Gasteiger partial charge in [0.1, 0.15) is 11.9 Å². The molecule has 16 heavy (non-hydrogen) atoms. The zero-order valence-electron chi connectivity index (χ0n) is 10.2. The molecule has 5 nitrogen and oxygen atoms in total. The monoisotopic (exact) mass is 226 g/mol. The molecule has 0 bridgehead atoms. The van der Waals surface area contributed by atoms with Crippen LogP contribution >= 0.6 is 0 Å². The zero-order chi connectivity index (χ0) is 12.1. The lowest BCUT2D eigenvalue weighted by Crippen LogP contribution is -2.13. The molecule has 1 atom stereocenters. The van der Waals surface area contributed by atoms with Crippen molar-refractivity contribution in [2.45, 2.75) is 40.2 Å². The standard InChI is InChI=1S/C11H18N2O3/c1-5-15-10(7(2)3)11-12-9(16-13-11)6-8(4)14/h7,10H,5-6H2,1-4H3. The lowest BCUT2D eigenvalue weighted by Gasteiger charge is -2.16. The minimum Gasteiger partial charge on any atom is -0.370 e. The number of Topliss-reactive ketones (excluding diaryl/α,β-unsaturated/α-hetero) is 1. The first-order valence-corrected chi connectivity index (χ1v) is 5.48. The van der Waals surface area contributed by atoms with E-state index in [1.54, 1.807) is 0 Å². The number of hydrogen-bond donors (Lipinski definition) is 0. The average Bonchev–Trinajstić information content (AvgIpc) is 2.60. The third-order valence-corrected chi connectivity index (χ3v) is 2.09. The number of ketones is 1. The van der Waals surface area contributed by atoms with Crippen LogP contribution in [0.5, 0.6) is 0 Å². The smallest absolute Gasteiger partial charge is 0.234 e. The molecule has 1 rings (SSSR count). The second-order valence-electron chi connectivity index (χ2n) is 4.05. The van der Waals surface area contributed by atoms with Crippen LogP contribution in [0, 0.1) is 5.92 Å². The number of carbonyl (C=O) groups excluding carboxylic acids is 1. The Morgan fingerprint density at radius 2 is 2.19 bits per heavy atom. The van der Waals surface area contributed by atoms with Crippen LogP contribution in [-0.2, 0) is 16.0 Å². The van der Waals surface area contributed by atoms with E-state index in [1.165, 1.54) is 6.92 Å². The minimum atomic E-state index is -0.172. The van der Waals surface area contributed by atoms with Crippen molar-refractivity contribution in [1.29, 1.82) is 0 Å². The van der Waals surface area contributed by atoms with Gasteiger partial charge in [0.05, 0.1) is 6.42 Å². The molecule has 0 spiro atoms. The number of hydrogen-bond acceptors (Lipinski definition) is 5. The van der Waals surface area contributed by atoms with Crippen molar-refractivity contribution in [3.05, 3.63) is 11.7 Å². The van der Waals surface area contributed by atoms with E-state index in [1.807, 2.05) is 20.8 Å². The maximum atomic E-state index is 10.9. The van der Waals surface area contributed by atoms with Crippen LogP contribution in [0.4, 0.5) is 0 Å². The molecule has 0 aromatic carbocycles. The van der Waals surface area contributed by atoms with E-state index in [-0.39, 0.29) is 24.2 Å². The molecule has 90 valence electrons. The molecule has 0 saturated carbocycles. The van der Waals surface area contributed by atoms with Crippen molar-refractivity contribution in [2.75, 3.05) is 6.61 Å². The SMILES string of the molecule is CCOC(c1noc(CC(C)=O)n1)C(C)C. The molecule has 0 saturated heterocycles. The van der Waals surface area contributed by atoms with E-state index in [2.05, 4.69) is 10.1 Å². The van der Waals surface area contributed by atoms with Crippen LogP contribution in [0.1, 0.15) is 45.5 Å². The van der Waals surface area contributed by atoms with E-state index in [9.17, 15) is 4.79 Å². The summed E-state index contributed by atoms with van der Waals surface area (Å²) in [6, 6.07) is 0. The van der Waals surface area contributed by atoms with Crippen LogP contribution in [-0.4, -0.2) is 22.5 Å². The van der Waals surface area contributed by atoms with Gasteiger partial charge in [0, 0.05) is 6.61 Å². The van der Waals surface area contributed by atoms with Gasteiger partial charge in [0.2, 0.25) is 11.7 Å². The van der Waals surface area contributed by atoms with Gasteiger partial charge in [-0.05, 0) is 19.8 Å². The van der Waals surface area contributed by atoms with Gasteiger partial charge in [-0.3, -0.25) is 4.79 Å². The number of nitrogens with zero attached hydrogens (tertiary/aromatic N) is 2. The van der Waals surface area contributed by atoms with Crippen LogP contribution < -0.4 is 0 Å². The predicted molar refractivity (Wildman–Crippen MR) is 57.9 cm³/mol. The number of aromatic nitrogens is 2. The quantitative estimate of drug-likeness (QED) is 0.741. The highest BCUT2D eigenvalue weighted by Gasteiger charge is 2.22. The van der Waals surface area contributed by atoms with Crippen molar-refractivity contribution in [1.82, 2.24) is 10.1 Å². The van der Waals surface area contributed by atoms with Crippen LogP contribution in [0.3, 0.4) is 0 Å². The van der Waals surface area contributed by atoms with Gasteiger partial charge in [-0.2, -0.15) is 4.98 Å². The topological polar surface area (TPSA) is 65.2 Å². The highest BCUT2D eigenvalue weighted by Crippen LogP contribution is 2.23. The molecule has 1 heterocycles. The summed E-state index contributed by atoms with van der Waals surface area (Å²) in [6.45, 7) is 8.07. The molecule has 0 fully saturated rings. The summed E-state index contributed by atoms with van der Waals surface area (Å²) in [5, 5.41) is 3.85. The maximum absolute atomic E-state index is 10.9. The number of rotatable bonds is 6. The van der Waals surface area contributed by atoms with Crippen LogP contribution in [0.2, 0.25) is 0 Å². The van der Waals surface area contributed by atoms with Crippen LogP contribution in [0.25, 0.3) is 0 Å². The highest BCUT2D eigenvalue weighted by atomic mass is 16.5. The van der Waals surface area contributed by atoms with Crippen molar-refractivity contribution in [2.24, 2.45) is 5.92 Å². The molecule has 0 N–H and O–H groups in total. The fraction of sp³-hybridized carbons (Fsp3) is 0.727. The molecule has 0 aliphatic rings. The molecule has 5 heteroatoms. The van der Waals surface area contributed by atoms with Crippen molar-refractivity contribution < 1.29 is 14.1 Å². The fourth-order valence-electron chi connectivity index (χ4n) is 1.41. The third-order valence-electron chi connectivity index (χ3n) is 2.09. The zero-order valence-corrected chi connectivity index (χ0v) is 10.2. The van der Waals surface area contributed by atoms with E-state index in [0.29, 0.717) is 18.3 Å². The Morgan fingerprint density at radius 3 is 2.69 bits per heavy atom. The fourth-order valence-corrected chi connectivity index (χ4v) is 1.41. The molecule has 1 aromatic rings. The van der Waals surface area contributed by atoms with Crippen molar-refractivity contribution in [3.8, 4) is 0 Å². The second kappa shape index (κ2) is 5.75. The molecule has 0 radical (unpaired) electrons. The normalized spacial score (nSPS) is 13.1. The third kappa shape index (κ3) is 3.41. The Labute approximate surface area is 95.2 Å². The van der Waals surface area contributed by atoms with Gasteiger partial charge < -0.3 is 9.26 Å². The van der Waals surface area contributed by atoms with Gasteiger partial charge in [-0.25, -0.2) is 0 Å². The second-order valence-corrected chi connectivity index (χ2v) is 4.05. The van der Waals surface area contributed by atoms with Gasteiger partial charge in [-0.1, -0.05) is 19.0 Å². The molecular weight excluding hydrogens is 208 g/mol. The molecule has 0 aliphatic heterocycles. The maximum Gasteiger partial charge on any atom is 0.234 e. The first kappa shape index (κ1) is 12.8. The van der Waals surface area contributed by atoms with Crippen LogP contribution in [0.15, 0.2) is 4.52 Å². The average molecular weight is 226 g/mol. The Kier molecular flexibility index (Phi) is 4.61. The summed E-state index contributed by atoms with van der Waals surface area (Å²) in [5.41, 5.74) is 0. The number of carbonyl (C=O) groups is 1. The Morgan fingerprint density at radius 1 is 1.50 bits per heavy atom. The summed E-state index contributed by atoms with van der Waals surface area (Å²) in [6.07, 6.45) is 0.0127. The highest BCUT2D eigenvalue weighted by molar-refractivity contribution is 5.77. The predicted octanol–water partition coefficient (Wildman–Crippen LogP) is 1.93. The molecular formula is C11H18N2O3. The lowest BCUT2D eigenvalue weighted by molar-refractivity contribution is -0.116. The minimum absolute atomic E-state index is 0.00714. The summed E-state index contributed by atoms with van der Waals surface area (Å²) in [7, 11) is 0.